The fourth-order valence-electron chi connectivity index (χ4n) is 3.18. The molecule has 0 amide bonds. The lowest BCUT2D eigenvalue weighted by molar-refractivity contribution is 0.202. The van der Waals surface area contributed by atoms with E-state index in [1.165, 1.54) is 0 Å². The number of fused-ring (bicyclic) bond motifs is 2. The van der Waals surface area contributed by atoms with Crippen LogP contribution in [-0.4, -0.2) is 18.3 Å². The molecule has 1 aromatic heterocycles. The number of rotatable bonds is 4. The van der Waals surface area contributed by atoms with Gasteiger partial charge in [0.2, 0.25) is 0 Å². The summed E-state index contributed by atoms with van der Waals surface area (Å²) < 4.78 is 3.28. The van der Waals surface area contributed by atoms with Gasteiger partial charge in [0.05, 0.1) is 5.52 Å². The number of hydrogen-bond donors (Lipinski definition) is 1. The monoisotopic (exact) mass is 373 g/mol. The molecule has 0 aliphatic heterocycles. The second-order valence-electron chi connectivity index (χ2n) is 6.09. The molecule has 4 nitrogen and oxygen atoms in total. The average Bonchev–Trinajstić information content (AvgIpc) is 2.86. The summed E-state index contributed by atoms with van der Waals surface area (Å²) in [5.74, 6) is 0. The Bertz CT molecular complexity index is 1180. The van der Waals surface area contributed by atoms with Crippen LogP contribution < -0.4 is 10.1 Å². The van der Waals surface area contributed by atoms with Crippen molar-refractivity contribution in [3.8, 4) is 11.1 Å². The van der Waals surface area contributed by atoms with Crippen LogP contribution in [0.2, 0.25) is 0 Å². The highest BCUT2D eigenvalue weighted by molar-refractivity contribution is 7.99. The van der Waals surface area contributed by atoms with Crippen LogP contribution in [-0.2, 0) is 4.84 Å². The molecule has 0 aliphatic carbocycles. The van der Waals surface area contributed by atoms with Gasteiger partial charge in [-0.15, -0.1) is 0 Å². The van der Waals surface area contributed by atoms with E-state index in [1.54, 1.807) is 19.1 Å². The van der Waals surface area contributed by atoms with E-state index in [9.17, 15) is 0 Å². The molecule has 0 unspecified atom stereocenters. The van der Waals surface area contributed by atoms with E-state index in [0.717, 1.165) is 43.8 Å². The van der Waals surface area contributed by atoms with Gasteiger partial charge < -0.3 is 9.56 Å². The van der Waals surface area contributed by atoms with E-state index in [1.807, 2.05) is 36.7 Å². The third-order valence-corrected chi connectivity index (χ3v) is 4.85. The van der Waals surface area contributed by atoms with Crippen molar-refractivity contribution in [1.82, 2.24) is 4.98 Å². The number of aromatic nitrogens is 1. The second kappa shape index (κ2) is 7.68. The molecule has 0 saturated carbocycles. The van der Waals surface area contributed by atoms with Gasteiger partial charge in [-0.2, -0.15) is 0 Å². The third kappa shape index (κ3) is 3.46. The number of benzene rings is 2. The molecule has 0 aliphatic rings. The number of anilines is 1. The van der Waals surface area contributed by atoms with Crippen molar-refractivity contribution in [1.29, 1.82) is 0 Å². The van der Waals surface area contributed by atoms with Crippen LogP contribution in [0, 0.1) is 0 Å². The first-order valence-corrected chi connectivity index (χ1v) is 9.81. The predicted octanol–water partition coefficient (Wildman–Crippen LogP) is 5.21. The minimum atomic E-state index is 0.780. The van der Waals surface area contributed by atoms with Crippen molar-refractivity contribution in [2.24, 2.45) is 5.16 Å². The molecule has 0 saturated heterocycles. The van der Waals surface area contributed by atoms with Gasteiger partial charge in [0.1, 0.15) is 12.5 Å². The molecule has 0 bridgehead atoms. The van der Waals surface area contributed by atoms with Crippen LogP contribution in [0.3, 0.4) is 0 Å². The summed E-state index contributed by atoms with van der Waals surface area (Å²) in [5, 5.41) is 8.19. The molecule has 1 heterocycles. The molecule has 27 heavy (non-hydrogen) atoms. The number of nitrogens with zero attached hydrogens (tertiary/aromatic N) is 2. The third-order valence-electron chi connectivity index (χ3n) is 4.41. The molecule has 4 rings (SSSR count). The van der Waals surface area contributed by atoms with Crippen molar-refractivity contribution < 1.29 is 4.84 Å². The molecule has 0 spiro atoms. The lowest BCUT2D eigenvalue weighted by atomic mass is 10.1. The molecule has 0 radical (unpaired) electrons. The van der Waals surface area contributed by atoms with E-state index in [-0.39, 0.29) is 0 Å². The smallest absolute Gasteiger partial charge is 0.120 e. The maximum absolute atomic E-state index is 5.20. The van der Waals surface area contributed by atoms with Gasteiger partial charge in [-0.1, -0.05) is 59.6 Å². The zero-order valence-electron chi connectivity index (χ0n) is 15.1. The minimum absolute atomic E-state index is 0.780. The topological polar surface area (TPSA) is 46.5 Å². The zero-order valence-corrected chi connectivity index (χ0v) is 16.0. The summed E-state index contributed by atoms with van der Waals surface area (Å²) in [6.45, 7) is 0. The van der Waals surface area contributed by atoms with Crippen LogP contribution in [0.4, 0.5) is 5.69 Å². The summed E-state index contributed by atoms with van der Waals surface area (Å²) >= 11 is 1.56. The first-order chi connectivity index (χ1) is 13.3. The van der Waals surface area contributed by atoms with Gasteiger partial charge in [0.25, 0.3) is 0 Å². The average molecular weight is 373 g/mol. The van der Waals surface area contributed by atoms with E-state index in [0.29, 0.717) is 0 Å². The Morgan fingerprint density at radius 1 is 0.926 bits per heavy atom. The van der Waals surface area contributed by atoms with E-state index in [2.05, 4.69) is 57.3 Å². The molecule has 0 atom stereocenters. The zero-order chi connectivity index (χ0) is 18.6. The molecular weight excluding hydrogens is 354 g/mol. The van der Waals surface area contributed by atoms with Crippen LogP contribution >= 0.6 is 11.9 Å². The van der Waals surface area contributed by atoms with Gasteiger partial charge in [-0.05, 0) is 35.2 Å². The molecule has 0 fully saturated rings. The highest BCUT2D eigenvalue weighted by Gasteiger charge is 2.06. The highest BCUT2D eigenvalue weighted by Crippen LogP contribution is 2.24. The van der Waals surface area contributed by atoms with Crippen molar-refractivity contribution in [2.75, 3.05) is 18.1 Å². The SMILES string of the molecule is CO/N=c1\c2cc(NSC)ccc2ccc2ncc(-c3ccccc3)cc12. The number of hydrogen-bond acceptors (Lipinski definition) is 5. The summed E-state index contributed by atoms with van der Waals surface area (Å²) in [7, 11) is 1.57. The molecule has 5 heteroatoms. The van der Waals surface area contributed by atoms with Gasteiger partial charge in [0.15, 0.2) is 0 Å². The maximum atomic E-state index is 5.20. The Morgan fingerprint density at radius 3 is 2.52 bits per heavy atom. The lowest BCUT2D eigenvalue weighted by Gasteiger charge is -2.04. The van der Waals surface area contributed by atoms with Crippen molar-refractivity contribution in [2.45, 2.75) is 0 Å². The molecule has 4 aromatic rings. The fraction of sp³-hybridized carbons (Fsp3) is 0.0909. The largest absolute Gasteiger partial charge is 0.399 e. The van der Waals surface area contributed by atoms with Crippen LogP contribution in [0.1, 0.15) is 0 Å². The Labute approximate surface area is 162 Å². The number of pyridine rings is 1. The van der Waals surface area contributed by atoms with E-state index >= 15 is 0 Å². The summed E-state index contributed by atoms with van der Waals surface area (Å²) in [4.78, 5) is 9.89. The predicted molar refractivity (Wildman–Crippen MR) is 114 cm³/mol. The summed E-state index contributed by atoms with van der Waals surface area (Å²) in [6, 6.07) is 22.7. The standard InChI is InChI=1S/C22H19N3OS/c1-26-24-22-19-13-18(25-27-2)10-8-16(19)9-11-21-20(22)12-17(14-23-21)15-6-4-3-5-7-15/h3-14,25H,1-2H3/b24-22+. The molecule has 1 N–H and O–H groups in total. The molecule has 134 valence electrons. The van der Waals surface area contributed by atoms with E-state index < -0.39 is 0 Å². The summed E-state index contributed by atoms with van der Waals surface area (Å²) in [6.07, 6.45) is 3.90. The Morgan fingerprint density at radius 2 is 1.74 bits per heavy atom. The molecular formula is C22H19N3OS. The fourth-order valence-corrected chi connectivity index (χ4v) is 3.54. The van der Waals surface area contributed by atoms with Gasteiger partial charge in [0, 0.05) is 34.5 Å². The Balaban J connectivity index is 2.09. The van der Waals surface area contributed by atoms with E-state index in [4.69, 9.17) is 4.84 Å². The maximum Gasteiger partial charge on any atom is 0.120 e. The Kier molecular flexibility index (Phi) is 4.94. The Hall–Kier alpha value is -3.05. The van der Waals surface area contributed by atoms with Gasteiger partial charge in [-0.3, -0.25) is 4.98 Å². The van der Waals surface area contributed by atoms with Crippen LogP contribution in [0.15, 0.2) is 78.1 Å². The van der Waals surface area contributed by atoms with Crippen molar-refractivity contribution in [3.05, 3.63) is 78.3 Å². The quantitative estimate of drug-likeness (QED) is 0.394. The van der Waals surface area contributed by atoms with Crippen molar-refractivity contribution in [3.63, 3.8) is 0 Å². The van der Waals surface area contributed by atoms with Gasteiger partial charge in [-0.25, -0.2) is 0 Å². The molecule has 3 aromatic carbocycles. The minimum Gasteiger partial charge on any atom is -0.399 e. The lowest BCUT2D eigenvalue weighted by Crippen LogP contribution is -2.04. The van der Waals surface area contributed by atoms with Crippen LogP contribution in [0.25, 0.3) is 32.8 Å². The first kappa shape index (κ1) is 17.4. The normalized spacial score (nSPS) is 11.7. The van der Waals surface area contributed by atoms with Crippen molar-refractivity contribution >= 4 is 39.3 Å². The highest BCUT2D eigenvalue weighted by atomic mass is 32.2. The first-order valence-electron chi connectivity index (χ1n) is 8.58. The number of nitrogens with one attached hydrogen (secondary N) is 1. The van der Waals surface area contributed by atoms with Gasteiger partial charge >= 0.3 is 0 Å². The second-order valence-corrected chi connectivity index (χ2v) is 6.70. The summed E-state index contributed by atoms with van der Waals surface area (Å²) in [5.41, 5.74) is 4.07. The van der Waals surface area contributed by atoms with Crippen LogP contribution in [0.5, 0.6) is 0 Å².